The number of ether oxygens (including phenoxy) is 2. The fraction of sp³-hybridized carbons (Fsp3) is 0.758. The normalized spacial score (nSPS) is 11.0. The van der Waals surface area contributed by atoms with Crippen LogP contribution in [0.4, 0.5) is 0 Å². The van der Waals surface area contributed by atoms with Gasteiger partial charge in [-0.1, -0.05) is 129 Å². The molecular formula is C33H56O4. The molecule has 4 nitrogen and oxygen atoms in total. The fourth-order valence-corrected chi connectivity index (χ4v) is 4.69. The molecule has 0 spiro atoms. The lowest BCUT2D eigenvalue weighted by Crippen LogP contribution is -2.11. The van der Waals surface area contributed by atoms with E-state index in [-0.39, 0.29) is 11.9 Å². The van der Waals surface area contributed by atoms with Gasteiger partial charge in [-0.2, -0.15) is 0 Å². The van der Waals surface area contributed by atoms with Crippen LogP contribution in [0.1, 0.15) is 169 Å². The molecule has 0 bridgehead atoms. The van der Waals surface area contributed by atoms with Crippen molar-refractivity contribution >= 4 is 11.9 Å². The largest absolute Gasteiger partial charge is 0.462 e. The van der Waals surface area contributed by atoms with E-state index in [4.69, 9.17) is 9.47 Å². The van der Waals surface area contributed by atoms with Gasteiger partial charge >= 0.3 is 11.9 Å². The summed E-state index contributed by atoms with van der Waals surface area (Å²) >= 11 is 0. The van der Waals surface area contributed by atoms with Gasteiger partial charge < -0.3 is 9.47 Å². The highest BCUT2D eigenvalue weighted by Gasteiger charge is 2.14. The topological polar surface area (TPSA) is 52.6 Å². The van der Waals surface area contributed by atoms with Crippen molar-refractivity contribution in [3.63, 3.8) is 0 Å². The zero-order valence-electron chi connectivity index (χ0n) is 24.4. The molecule has 0 saturated heterocycles. The second-order valence-corrected chi connectivity index (χ2v) is 10.7. The van der Waals surface area contributed by atoms with Crippen LogP contribution in [-0.4, -0.2) is 25.2 Å². The number of carbonyl (C=O) groups is 2. The van der Waals surface area contributed by atoms with Crippen molar-refractivity contribution in [3.05, 3.63) is 34.9 Å². The van der Waals surface area contributed by atoms with Gasteiger partial charge in [0.1, 0.15) is 0 Å². The minimum Gasteiger partial charge on any atom is -0.462 e. The van der Waals surface area contributed by atoms with Crippen molar-refractivity contribution in [2.75, 3.05) is 13.2 Å². The first-order valence-corrected chi connectivity index (χ1v) is 15.5. The van der Waals surface area contributed by atoms with Crippen LogP contribution in [-0.2, 0) is 9.47 Å². The maximum absolute atomic E-state index is 12.5. The van der Waals surface area contributed by atoms with Gasteiger partial charge in [0.25, 0.3) is 0 Å². The molecule has 0 radical (unpaired) electrons. The lowest BCUT2D eigenvalue weighted by molar-refractivity contribution is 0.0496. The van der Waals surface area contributed by atoms with E-state index in [0.717, 1.165) is 31.2 Å². The Bertz CT molecular complexity index is 656. The Morgan fingerprint density at radius 3 is 1.11 bits per heavy atom. The smallest absolute Gasteiger partial charge is 0.338 e. The molecular weight excluding hydrogens is 460 g/mol. The van der Waals surface area contributed by atoms with Gasteiger partial charge in [-0.15, -0.1) is 0 Å². The monoisotopic (exact) mass is 516 g/mol. The Kier molecular flexibility index (Phi) is 20.9. The van der Waals surface area contributed by atoms with Gasteiger partial charge in [0.05, 0.1) is 24.3 Å². The number of carbonyl (C=O) groups excluding carboxylic acids is 2. The Hall–Kier alpha value is -1.84. The molecule has 1 aromatic carbocycles. The molecule has 0 fully saturated rings. The first-order chi connectivity index (χ1) is 18.1. The summed E-state index contributed by atoms with van der Waals surface area (Å²) in [7, 11) is 0. The van der Waals surface area contributed by atoms with E-state index in [0.29, 0.717) is 24.3 Å². The quantitative estimate of drug-likeness (QED) is 0.101. The third-order valence-corrected chi connectivity index (χ3v) is 7.01. The van der Waals surface area contributed by atoms with Crippen LogP contribution in [0.15, 0.2) is 18.2 Å². The van der Waals surface area contributed by atoms with E-state index >= 15 is 0 Å². The molecule has 4 heteroatoms. The van der Waals surface area contributed by atoms with Crippen molar-refractivity contribution in [1.29, 1.82) is 0 Å². The van der Waals surface area contributed by atoms with Crippen LogP contribution in [0, 0.1) is 6.92 Å². The molecule has 0 N–H and O–H groups in total. The number of hydrogen-bond acceptors (Lipinski definition) is 4. The van der Waals surface area contributed by atoms with Gasteiger partial charge in [-0.05, 0) is 43.5 Å². The van der Waals surface area contributed by atoms with Crippen LogP contribution < -0.4 is 0 Å². The first-order valence-electron chi connectivity index (χ1n) is 15.5. The van der Waals surface area contributed by atoms with E-state index < -0.39 is 0 Å². The predicted molar refractivity (Wildman–Crippen MR) is 155 cm³/mol. The number of rotatable bonds is 24. The lowest BCUT2D eigenvalue weighted by atomic mass is 10.1. The van der Waals surface area contributed by atoms with Crippen molar-refractivity contribution < 1.29 is 19.1 Å². The molecule has 0 saturated carbocycles. The summed E-state index contributed by atoms with van der Waals surface area (Å²) in [6.07, 6.45) is 24.9. The van der Waals surface area contributed by atoms with Crippen LogP contribution in [0.25, 0.3) is 0 Å². The minimum atomic E-state index is -0.358. The number of benzene rings is 1. The Labute approximate surface area is 228 Å². The molecule has 0 atom stereocenters. The highest BCUT2D eigenvalue weighted by atomic mass is 16.5. The summed E-state index contributed by atoms with van der Waals surface area (Å²) in [4.78, 5) is 25.0. The van der Waals surface area contributed by atoms with Crippen molar-refractivity contribution in [1.82, 2.24) is 0 Å². The summed E-state index contributed by atoms with van der Waals surface area (Å²) in [5.41, 5.74) is 1.72. The zero-order chi connectivity index (χ0) is 27.0. The highest BCUT2D eigenvalue weighted by molar-refractivity contribution is 5.95. The molecule has 0 amide bonds. The molecule has 1 aromatic rings. The summed E-state index contributed by atoms with van der Waals surface area (Å²) in [6.45, 7) is 7.25. The average Bonchev–Trinajstić information content (AvgIpc) is 2.89. The molecule has 0 unspecified atom stereocenters. The van der Waals surface area contributed by atoms with Crippen LogP contribution >= 0.6 is 0 Å². The molecule has 1 rings (SSSR count). The van der Waals surface area contributed by atoms with E-state index in [2.05, 4.69) is 13.8 Å². The minimum absolute atomic E-state index is 0.358. The zero-order valence-corrected chi connectivity index (χ0v) is 24.4. The van der Waals surface area contributed by atoms with Crippen LogP contribution in [0.3, 0.4) is 0 Å². The standard InChI is InChI=1S/C33H56O4/c1-4-6-8-10-12-14-16-18-20-22-24-36-32(34)30-26-29(3)27-31(28-30)33(35)37-25-23-21-19-17-15-13-11-9-7-5-2/h26-28H,4-25H2,1-3H3. The molecule has 0 heterocycles. The van der Waals surface area contributed by atoms with Crippen molar-refractivity contribution in [2.24, 2.45) is 0 Å². The lowest BCUT2D eigenvalue weighted by Gasteiger charge is -2.09. The number of unbranched alkanes of at least 4 members (excludes halogenated alkanes) is 18. The summed E-state index contributed by atoms with van der Waals surface area (Å²) in [6, 6.07) is 5.16. The van der Waals surface area contributed by atoms with Crippen molar-refractivity contribution in [2.45, 2.75) is 149 Å². The average molecular weight is 517 g/mol. The van der Waals surface area contributed by atoms with Crippen LogP contribution in [0.2, 0.25) is 0 Å². The Morgan fingerprint density at radius 1 is 0.486 bits per heavy atom. The van der Waals surface area contributed by atoms with E-state index in [1.165, 1.54) is 103 Å². The summed E-state index contributed by atoms with van der Waals surface area (Å²) in [5.74, 6) is -0.716. The van der Waals surface area contributed by atoms with Crippen LogP contribution in [0.5, 0.6) is 0 Å². The second-order valence-electron chi connectivity index (χ2n) is 10.7. The summed E-state index contributed by atoms with van der Waals surface area (Å²) in [5, 5.41) is 0. The second kappa shape index (κ2) is 23.3. The maximum Gasteiger partial charge on any atom is 0.338 e. The third kappa shape index (κ3) is 18.1. The first kappa shape index (κ1) is 33.2. The Morgan fingerprint density at radius 2 is 0.784 bits per heavy atom. The fourth-order valence-electron chi connectivity index (χ4n) is 4.69. The predicted octanol–water partition coefficient (Wildman–Crippen LogP) is 10.2. The molecule has 37 heavy (non-hydrogen) atoms. The van der Waals surface area contributed by atoms with Gasteiger partial charge in [0, 0.05) is 0 Å². The maximum atomic E-state index is 12.5. The van der Waals surface area contributed by atoms with Gasteiger partial charge in [-0.25, -0.2) is 9.59 Å². The molecule has 0 aliphatic heterocycles. The van der Waals surface area contributed by atoms with E-state index in [9.17, 15) is 9.59 Å². The number of hydrogen-bond donors (Lipinski definition) is 0. The number of esters is 2. The molecule has 212 valence electrons. The van der Waals surface area contributed by atoms with Gasteiger partial charge in [0.15, 0.2) is 0 Å². The third-order valence-electron chi connectivity index (χ3n) is 7.01. The number of aryl methyl sites for hydroxylation is 1. The SMILES string of the molecule is CCCCCCCCCCCCOC(=O)c1cc(C)cc(C(=O)OCCCCCCCCCCCC)c1. The van der Waals surface area contributed by atoms with Gasteiger partial charge in [-0.3, -0.25) is 0 Å². The van der Waals surface area contributed by atoms with E-state index in [1.54, 1.807) is 18.2 Å². The molecule has 0 aliphatic rings. The van der Waals surface area contributed by atoms with Gasteiger partial charge in [0.2, 0.25) is 0 Å². The Balaban J connectivity index is 2.18. The summed E-state index contributed by atoms with van der Waals surface area (Å²) < 4.78 is 10.9. The molecule has 0 aliphatic carbocycles. The molecule has 0 aromatic heterocycles. The van der Waals surface area contributed by atoms with Crippen molar-refractivity contribution in [3.8, 4) is 0 Å². The highest BCUT2D eigenvalue weighted by Crippen LogP contribution is 2.15. The van der Waals surface area contributed by atoms with E-state index in [1.807, 2.05) is 6.92 Å².